The standard InChI is InChI=1S/C14H20N2O2.2ClH/c1-3-13(16-8-6-15-7-9-16)12-5-4-11(18-2)10-14(12)17;;/h3-5,10,13,15,17H,1,6-9H2,2H3;2*1H/t13-;;/m1../s1. The molecule has 1 aliphatic heterocycles. The van der Waals surface area contributed by atoms with Gasteiger partial charge in [-0.05, 0) is 12.1 Å². The van der Waals surface area contributed by atoms with Crippen molar-refractivity contribution in [3.8, 4) is 11.5 Å². The Kier molecular flexibility index (Phi) is 8.65. The van der Waals surface area contributed by atoms with Crippen LogP contribution < -0.4 is 10.1 Å². The van der Waals surface area contributed by atoms with E-state index >= 15 is 0 Å². The third kappa shape index (κ3) is 4.28. The molecule has 1 atom stereocenters. The Morgan fingerprint density at radius 1 is 1.35 bits per heavy atom. The van der Waals surface area contributed by atoms with Gasteiger partial charge in [-0.1, -0.05) is 6.08 Å². The van der Waals surface area contributed by atoms with Crippen LogP contribution >= 0.6 is 24.8 Å². The van der Waals surface area contributed by atoms with Crippen LogP contribution in [0.5, 0.6) is 11.5 Å². The van der Waals surface area contributed by atoms with E-state index in [1.165, 1.54) is 0 Å². The van der Waals surface area contributed by atoms with Crippen LogP contribution in [0.1, 0.15) is 11.6 Å². The molecule has 0 aromatic heterocycles. The number of benzene rings is 1. The minimum absolute atomic E-state index is 0. The van der Waals surface area contributed by atoms with Gasteiger partial charge in [-0.3, -0.25) is 4.90 Å². The number of phenolic OH excluding ortho intramolecular Hbond substituents is 1. The summed E-state index contributed by atoms with van der Waals surface area (Å²) in [5.41, 5.74) is 0.882. The molecule has 1 aromatic carbocycles. The summed E-state index contributed by atoms with van der Waals surface area (Å²) in [7, 11) is 1.59. The molecule has 0 aliphatic carbocycles. The van der Waals surface area contributed by atoms with Crippen LogP contribution in [-0.4, -0.2) is 43.3 Å². The molecule has 6 heteroatoms. The molecule has 1 aromatic rings. The number of nitrogens with zero attached hydrogens (tertiary/aromatic N) is 1. The van der Waals surface area contributed by atoms with Gasteiger partial charge in [0.2, 0.25) is 0 Å². The lowest BCUT2D eigenvalue weighted by Gasteiger charge is -2.33. The summed E-state index contributed by atoms with van der Waals surface area (Å²) >= 11 is 0. The van der Waals surface area contributed by atoms with Gasteiger partial charge < -0.3 is 15.2 Å². The Labute approximate surface area is 132 Å². The maximum atomic E-state index is 10.1. The molecule has 0 bridgehead atoms. The van der Waals surface area contributed by atoms with Crippen LogP contribution in [0.4, 0.5) is 0 Å². The fraction of sp³-hybridized carbons (Fsp3) is 0.429. The first-order valence-electron chi connectivity index (χ1n) is 6.20. The summed E-state index contributed by atoms with van der Waals surface area (Å²) in [4.78, 5) is 2.31. The Morgan fingerprint density at radius 3 is 2.50 bits per heavy atom. The van der Waals surface area contributed by atoms with Crippen molar-refractivity contribution in [2.24, 2.45) is 0 Å². The molecule has 0 radical (unpaired) electrons. The maximum absolute atomic E-state index is 10.1. The molecule has 0 amide bonds. The number of halogens is 2. The van der Waals surface area contributed by atoms with Gasteiger partial charge in [0.1, 0.15) is 11.5 Å². The van der Waals surface area contributed by atoms with Crippen molar-refractivity contribution in [2.75, 3.05) is 33.3 Å². The van der Waals surface area contributed by atoms with Crippen molar-refractivity contribution in [1.29, 1.82) is 0 Å². The molecular weight excluding hydrogens is 299 g/mol. The van der Waals surface area contributed by atoms with E-state index in [1.54, 1.807) is 13.2 Å². The van der Waals surface area contributed by atoms with Crippen molar-refractivity contribution in [2.45, 2.75) is 6.04 Å². The predicted molar refractivity (Wildman–Crippen MR) is 86.5 cm³/mol. The Morgan fingerprint density at radius 2 is 2.00 bits per heavy atom. The molecule has 20 heavy (non-hydrogen) atoms. The molecule has 0 saturated carbocycles. The monoisotopic (exact) mass is 320 g/mol. The lowest BCUT2D eigenvalue weighted by molar-refractivity contribution is 0.201. The van der Waals surface area contributed by atoms with Gasteiger partial charge in [-0.25, -0.2) is 0 Å². The maximum Gasteiger partial charge on any atom is 0.124 e. The van der Waals surface area contributed by atoms with Crippen molar-refractivity contribution >= 4 is 24.8 Å². The van der Waals surface area contributed by atoms with E-state index in [2.05, 4.69) is 16.8 Å². The molecular formula is C14H22Cl2N2O2. The number of hydrogen-bond acceptors (Lipinski definition) is 4. The number of methoxy groups -OCH3 is 1. The molecule has 1 saturated heterocycles. The van der Waals surface area contributed by atoms with Crippen molar-refractivity contribution in [3.05, 3.63) is 36.4 Å². The minimum atomic E-state index is 0. The molecule has 2 rings (SSSR count). The third-order valence-corrected chi connectivity index (χ3v) is 3.32. The summed E-state index contributed by atoms with van der Waals surface area (Å²) in [5.74, 6) is 0.928. The zero-order chi connectivity index (χ0) is 13.0. The highest BCUT2D eigenvalue weighted by atomic mass is 35.5. The third-order valence-electron chi connectivity index (χ3n) is 3.32. The van der Waals surface area contributed by atoms with Crippen molar-refractivity contribution in [1.82, 2.24) is 10.2 Å². The van der Waals surface area contributed by atoms with E-state index in [4.69, 9.17) is 4.74 Å². The Bertz CT molecular complexity index is 424. The van der Waals surface area contributed by atoms with Gasteiger partial charge in [0, 0.05) is 37.8 Å². The largest absolute Gasteiger partial charge is 0.507 e. The summed E-state index contributed by atoms with van der Waals surface area (Å²) < 4.78 is 5.10. The summed E-state index contributed by atoms with van der Waals surface area (Å²) in [6, 6.07) is 5.47. The number of aromatic hydroxyl groups is 1. The van der Waals surface area contributed by atoms with Crippen molar-refractivity contribution < 1.29 is 9.84 Å². The number of hydrogen-bond donors (Lipinski definition) is 2. The van der Waals surface area contributed by atoms with Gasteiger partial charge in [-0.15, -0.1) is 31.4 Å². The van der Waals surface area contributed by atoms with Crippen LogP contribution in [0.15, 0.2) is 30.9 Å². The average molecular weight is 321 g/mol. The SMILES string of the molecule is C=C[C@H](c1ccc(OC)cc1O)N1CCNCC1.Cl.Cl. The second kappa shape index (κ2) is 9.08. The lowest BCUT2D eigenvalue weighted by Crippen LogP contribution is -2.44. The van der Waals surface area contributed by atoms with E-state index in [0.717, 1.165) is 31.7 Å². The average Bonchev–Trinajstić information content (AvgIpc) is 2.42. The second-order valence-corrected chi connectivity index (χ2v) is 4.39. The molecule has 0 unspecified atom stereocenters. The van der Waals surface area contributed by atoms with Gasteiger partial charge in [0.05, 0.1) is 13.2 Å². The fourth-order valence-corrected chi connectivity index (χ4v) is 2.33. The van der Waals surface area contributed by atoms with Crippen LogP contribution in [-0.2, 0) is 0 Å². The van der Waals surface area contributed by atoms with Crippen LogP contribution in [0.2, 0.25) is 0 Å². The van der Waals surface area contributed by atoms with Crippen LogP contribution in [0.25, 0.3) is 0 Å². The molecule has 1 heterocycles. The van der Waals surface area contributed by atoms with Gasteiger partial charge in [-0.2, -0.15) is 0 Å². The zero-order valence-corrected chi connectivity index (χ0v) is 13.2. The Hall–Kier alpha value is -0.940. The highest BCUT2D eigenvalue weighted by Gasteiger charge is 2.21. The summed E-state index contributed by atoms with van der Waals surface area (Å²) in [6.07, 6.45) is 1.88. The van der Waals surface area contributed by atoms with E-state index in [9.17, 15) is 5.11 Å². The van der Waals surface area contributed by atoms with E-state index < -0.39 is 0 Å². The number of nitrogens with one attached hydrogen (secondary N) is 1. The first kappa shape index (κ1) is 19.1. The van der Waals surface area contributed by atoms with E-state index in [0.29, 0.717) is 5.75 Å². The molecule has 114 valence electrons. The number of ether oxygens (including phenoxy) is 1. The van der Waals surface area contributed by atoms with E-state index in [-0.39, 0.29) is 36.6 Å². The normalized spacial score (nSPS) is 16.4. The Balaban J connectivity index is 0.00000180. The first-order valence-corrected chi connectivity index (χ1v) is 6.20. The second-order valence-electron chi connectivity index (χ2n) is 4.39. The molecule has 0 spiro atoms. The minimum Gasteiger partial charge on any atom is -0.507 e. The quantitative estimate of drug-likeness (QED) is 0.836. The first-order chi connectivity index (χ1) is 8.76. The van der Waals surface area contributed by atoms with Gasteiger partial charge in [0.25, 0.3) is 0 Å². The van der Waals surface area contributed by atoms with Gasteiger partial charge in [0.15, 0.2) is 0 Å². The summed E-state index contributed by atoms with van der Waals surface area (Å²) in [5, 5.41) is 13.4. The van der Waals surface area contributed by atoms with Gasteiger partial charge >= 0.3 is 0 Å². The molecule has 1 aliphatic rings. The fourth-order valence-electron chi connectivity index (χ4n) is 2.33. The highest BCUT2D eigenvalue weighted by Crippen LogP contribution is 2.32. The molecule has 2 N–H and O–H groups in total. The lowest BCUT2D eigenvalue weighted by atomic mass is 10.0. The smallest absolute Gasteiger partial charge is 0.124 e. The number of piperazine rings is 1. The number of phenols is 1. The van der Waals surface area contributed by atoms with Crippen molar-refractivity contribution in [3.63, 3.8) is 0 Å². The van der Waals surface area contributed by atoms with Crippen LogP contribution in [0.3, 0.4) is 0 Å². The van der Waals surface area contributed by atoms with E-state index in [1.807, 2.05) is 18.2 Å². The molecule has 1 fully saturated rings. The highest BCUT2D eigenvalue weighted by molar-refractivity contribution is 5.85. The molecule has 4 nitrogen and oxygen atoms in total. The zero-order valence-electron chi connectivity index (χ0n) is 11.5. The number of rotatable bonds is 4. The summed E-state index contributed by atoms with van der Waals surface area (Å²) in [6.45, 7) is 7.76. The predicted octanol–water partition coefficient (Wildman–Crippen LogP) is 2.38. The van der Waals surface area contributed by atoms with Crippen LogP contribution in [0, 0.1) is 0 Å². The topological polar surface area (TPSA) is 44.7 Å².